The normalized spacial score (nSPS) is 11.2. The van der Waals surface area contributed by atoms with Crippen LogP contribution in [0.2, 0.25) is 10.0 Å². The Balaban J connectivity index is 0.000000409. The average molecular weight is 1270 g/mol. The highest BCUT2D eigenvalue weighted by Crippen LogP contribution is 2.31. The lowest BCUT2D eigenvalue weighted by atomic mass is 10.0. The first-order chi connectivity index (χ1) is 39.4. The van der Waals surface area contributed by atoms with Crippen molar-refractivity contribution >= 4 is 94.4 Å². The van der Waals surface area contributed by atoms with E-state index < -0.39 is 82.8 Å². The van der Waals surface area contributed by atoms with E-state index in [0.717, 1.165) is 12.1 Å². The van der Waals surface area contributed by atoms with Crippen molar-refractivity contribution in [3.63, 3.8) is 0 Å². The fourth-order valence-corrected chi connectivity index (χ4v) is 8.01. The van der Waals surface area contributed by atoms with Crippen LogP contribution in [0.5, 0.6) is 0 Å². The zero-order valence-corrected chi connectivity index (χ0v) is 50.1. The van der Waals surface area contributed by atoms with E-state index >= 15 is 0 Å². The zero-order chi connectivity index (χ0) is 64.1. The Bertz CT molecular complexity index is 3510. The first-order valence-electron chi connectivity index (χ1n) is 25.1. The molecule has 2 aromatic heterocycles. The van der Waals surface area contributed by atoms with Gasteiger partial charge in [-0.2, -0.15) is 36.5 Å². The Labute approximate surface area is 505 Å². The van der Waals surface area contributed by atoms with Gasteiger partial charge in [-0.1, -0.05) is 59.6 Å². The number of nitrogens with two attached hydrogens (primary N) is 1. The van der Waals surface area contributed by atoms with Crippen LogP contribution in [0.3, 0.4) is 0 Å². The number of carbonyl (C=O) groups is 8. The van der Waals surface area contributed by atoms with Crippen molar-refractivity contribution in [1.82, 2.24) is 35.5 Å². The lowest BCUT2D eigenvalue weighted by Crippen LogP contribution is -2.55. The van der Waals surface area contributed by atoms with Crippen LogP contribution in [0.25, 0.3) is 0 Å². The molecule has 0 bridgehead atoms. The number of methoxy groups -OCH3 is 2. The van der Waals surface area contributed by atoms with Crippen LogP contribution in [0.1, 0.15) is 114 Å². The number of aliphatic carboxylic acids is 1. The second-order valence-corrected chi connectivity index (χ2v) is 20.5. The lowest BCUT2D eigenvalue weighted by molar-refractivity contribution is -0.143. The summed E-state index contributed by atoms with van der Waals surface area (Å²) in [5.41, 5.74) is 3.30. The first-order valence-corrected chi connectivity index (χ1v) is 25.8. The number of ether oxygens (including phenoxy) is 2. The molecule has 0 aliphatic carbocycles. The van der Waals surface area contributed by atoms with Gasteiger partial charge in [0.2, 0.25) is 5.91 Å². The number of nitrogens with one attached hydrogen (secondary N) is 5. The van der Waals surface area contributed by atoms with Gasteiger partial charge in [0, 0.05) is 22.8 Å². The molecule has 0 spiro atoms. The number of aryl methyl sites for hydroxylation is 4. The molecule has 0 aliphatic rings. The standard InChI is InChI=1S/C28H29ClF3N5O5.C25H24ClF3N4O4.C3H7NO2.ClH/c1-15-11-17(14-37-16(2)12-21(36-37)28(30,31)32)9-10-20(15)34-24(39)18-7-6-8-19(29)23(18)25(40)35-27(3,4)26(41)33-13-22(38)42-5;1-13-10-15(12-33-14(2)11-19(32-33)25(27,28)29)8-9-18(13)30-21(34)16-6-5-7-17(26)20(16)22(35)31-24(3,4)23(36)37;1-6-3(5)2-4;/h6-12H,13-14H2,1-5H3,(H,33,41)(H,34,39)(H,35,40);5-11H,12H2,1-4H3,(H,30,34)(H,31,35)(H,36,37);2,4H2,1H3;1H. The topological polar surface area (TPSA) is 297 Å². The molecular formula is C56H61Cl3F6N10O11. The predicted octanol–water partition coefficient (Wildman–Crippen LogP) is 8.88. The molecule has 8 N–H and O–H groups in total. The molecule has 5 amide bonds. The van der Waals surface area contributed by atoms with Gasteiger partial charge in [0.15, 0.2) is 11.4 Å². The Kier molecular flexibility index (Phi) is 25.0. The smallest absolute Gasteiger partial charge is 0.435 e. The summed E-state index contributed by atoms with van der Waals surface area (Å²) >= 11 is 12.5. The maximum absolute atomic E-state index is 13.3. The second-order valence-electron chi connectivity index (χ2n) is 19.7. The van der Waals surface area contributed by atoms with Crippen molar-refractivity contribution in [1.29, 1.82) is 0 Å². The first kappa shape index (κ1) is 71.7. The highest BCUT2D eigenvalue weighted by atomic mass is 35.5. The van der Waals surface area contributed by atoms with Crippen LogP contribution in [0.4, 0.5) is 37.7 Å². The summed E-state index contributed by atoms with van der Waals surface area (Å²) in [7, 11) is 2.47. The highest BCUT2D eigenvalue weighted by Gasteiger charge is 2.37. The highest BCUT2D eigenvalue weighted by molar-refractivity contribution is 6.36. The van der Waals surface area contributed by atoms with Gasteiger partial charge in [0.05, 0.1) is 66.2 Å². The van der Waals surface area contributed by atoms with Crippen molar-refractivity contribution in [2.75, 3.05) is 37.9 Å². The number of aromatic nitrogens is 4. The van der Waals surface area contributed by atoms with Gasteiger partial charge in [-0.3, -0.25) is 42.9 Å². The van der Waals surface area contributed by atoms with E-state index in [0.29, 0.717) is 45.0 Å². The maximum Gasteiger partial charge on any atom is 0.435 e. The van der Waals surface area contributed by atoms with Crippen LogP contribution in [0, 0.1) is 27.7 Å². The van der Waals surface area contributed by atoms with Crippen LogP contribution in [-0.4, -0.2) is 110 Å². The van der Waals surface area contributed by atoms with Crippen molar-refractivity contribution in [3.8, 4) is 0 Å². The van der Waals surface area contributed by atoms with Crippen molar-refractivity contribution < 1.29 is 79.3 Å². The van der Waals surface area contributed by atoms with E-state index in [1.165, 1.54) is 102 Å². The van der Waals surface area contributed by atoms with Crippen LogP contribution in [-0.2, 0) is 54.1 Å². The van der Waals surface area contributed by atoms with E-state index in [9.17, 15) is 69.8 Å². The van der Waals surface area contributed by atoms with E-state index in [1.54, 1.807) is 50.2 Å². The van der Waals surface area contributed by atoms with Gasteiger partial charge in [-0.25, -0.2) is 4.79 Å². The third-order valence-corrected chi connectivity index (χ3v) is 12.9. The molecule has 0 aliphatic heterocycles. The van der Waals surface area contributed by atoms with Crippen LogP contribution in [0.15, 0.2) is 84.9 Å². The van der Waals surface area contributed by atoms with E-state index in [1.807, 2.05) is 0 Å². The molecule has 0 saturated heterocycles. The number of hydrogen-bond acceptors (Lipinski definition) is 13. The summed E-state index contributed by atoms with van der Waals surface area (Å²) in [4.78, 5) is 97.5. The molecule has 30 heteroatoms. The molecule has 0 unspecified atom stereocenters. The molecule has 4 aromatic carbocycles. The fraction of sp³-hybridized carbons (Fsp3) is 0.321. The molecule has 2 heterocycles. The molecule has 0 fully saturated rings. The molecule has 0 radical (unpaired) electrons. The minimum atomic E-state index is -4.55. The number of carboxylic acid groups (broad SMARTS) is 1. The zero-order valence-electron chi connectivity index (χ0n) is 47.7. The summed E-state index contributed by atoms with van der Waals surface area (Å²) < 4.78 is 88.9. The van der Waals surface area contributed by atoms with Crippen molar-refractivity contribution in [2.24, 2.45) is 5.73 Å². The molecule has 6 aromatic rings. The average Bonchev–Trinajstić information content (AvgIpc) is 1.41. The number of carbonyl (C=O) groups excluding carboxylic acids is 7. The largest absolute Gasteiger partial charge is 0.480 e. The quantitative estimate of drug-likeness (QED) is 0.0332. The van der Waals surface area contributed by atoms with Gasteiger partial charge in [-0.05, 0) is 126 Å². The van der Waals surface area contributed by atoms with Gasteiger partial charge >= 0.3 is 30.3 Å². The minimum Gasteiger partial charge on any atom is -0.480 e. The number of benzene rings is 4. The number of anilines is 2. The Morgan fingerprint density at radius 1 is 0.581 bits per heavy atom. The minimum absolute atomic E-state index is 0. The maximum atomic E-state index is 13.3. The Hall–Kier alpha value is -8.53. The number of nitrogens with zero attached hydrogens (tertiary/aromatic N) is 4. The van der Waals surface area contributed by atoms with Crippen LogP contribution >= 0.6 is 35.6 Å². The third-order valence-electron chi connectivity index (χ3n) is 12.2. The van der Waals surface area contributed by atoms with E-state index in [4.69, 9.17) is 28.9 Å². The SMILES string of the molecule is COC(=O)CN.COC(=O)CNC(=O)C(C)(C)NC(=O)c1c(Cl)cccc1C(=O)Nc1ccc(Cn2nc(C(F)(F)F)cc2C)cc1C.Cc1cc(Cn2nc(C(F)(F)F)cc2C)ccc1NC(=O)c1cccc(Cl)c1C(=O)NC(C)(C)C(=O)O.Cl. The number of halogens is 9. The second kappa shape index (κ2) is 30.0. The lowest BCUT2D eigenvalue weighted by Gasteiger charge is -2.25. The fourth-order valence-electron chi connectivity index (χ4n) is 7.49. The summed E-state index contributed by atoms with van der Waals surface area (Å²) in [5.74, 6) is -5.95. The third kappa shape index (κ3) is 19.5. The van der Waals surface area contributed by atoms with Gasteiger partial charge in [-0.15, -0.1) is 12.4 Å². The molecule has 0 saturated carbocycles. The number of carboxylic acids is 1. The summed E-state index contributed by atoms with van der Waals surface area (Å²) in [6.07, 6.45) is -9.09. The molecule has 86 heavy (non-hydrogen) atoms. The van der Waals surface area contributed by atoms with E-state index in [-0.39, 0.29) is 70.3 Å². The summed E-state index contributed by atoms with van der Waals surface area (Å²) in [6, 6.07) is 20.3. The van der Waals surface area contributed by atoms with Crippen molar-refractivity contribution in [2.45, 2.75) is 91.9 Å². The summed E-state index contributed by atoms with van der Waals surface area (Å²) in [6.45, 7) is 11.6. The monoisotopic (exact) mass is 1270 g/mol. The number of amides is 5. The molecule has 21 nitrogen and oxygen atoms in total. The van der Waals surface area contributed by atoms with Gasteiger partial charge in [0.25, 0.3) is 23.6 Å². The molecule has 0 atom stereocenters. The van der Waals surface area contributed by atoms with Crippen molar-refractivity contribution in [3.05, 3.63) is 162 Å². The molecule has 464 valence electrons. The van der Waals surface area contributed by atoms with Gasteiger partial charge in [0.1, 0.15) is 17.6 Å². The molecule has 6 rings (SSSR count). The number of esters is 2. The number of alkyl halides is 6. The molecular weight excluding hydrogens is 1210 g/mol. The number of hydrogen-bond donors (Lipinski definition) is 7. The van der Waals surface area contributed by atoms with Gasteiger partial charge < -0.3 is 46.9 Å². The van der Waals surface area contributed by atoms with E-state index in [2.05, 4.69) is 46.3 Å². The number of rotatable bonds is 17. The predicted molar refractivity (Wildman–Crippen MR) is 307 cm³/mol. The summed E-state index contributed by atoms with van der Waals surface area (Å²) in [5, 5.41) is 29.1. The van der Waals surface area contributed by atoms with Crippen LogP contribution < -0.4 is 32.3 Å². The Morgan fingerprint density at radius 2 is 0.965 bits per heavy atom. The Morgan fingerprint density at radius 3 is 1.28 bits per heavy atom.